The first-order valence-electron chi connectivity index (χ1n) is 16.5. The molecule has 0 aliphatic carbocycles. The van der Waals surface area contributed by atoms with E-state index in [4.69, 9.17) is 32.7 Å². The number of rotatable bonds is 12. The first-order chi connectivity index (χ1) is 25.7. The number of ketones is 1. The lowest BCUT2D eigenvalue weighted by Crippen LogP contribution is -2.29. The fourth-order valence-electron chi connectivity index (χ4n) is 5.77. The minimum absolute atomic E-state index is 0.0705. The molecule has 1 saturated heterocycles. The SMILES string of the molecule is Cc1ccccc1COc1ccc(/C(O)=C2\C(=O)C(=O)N(c3nnc(SCc4ccc(Cl)cc4Cl)s3)C2c2ccc(OCc3ccccc3)cc2)cc1. The Morgan fingerprint density at radius 3 is 2.21 bits per heavy atom. The van der Waals surface area contributed by atoms with Gasteiger partial charge in [0.1, 0.15) is 30.5 Å². The number of hydrogen-bond acceptors (Lipinski definition) is 9. The van der Waals surface area contributed by atoms with Crippen LogP contribution >= 0.6 is 46.3 Å². The van der Waals surface area contributed by atoms with Gasteiger partial charge in [0.15, 0.2) is 4.34 Å². The summed E-state index contributed by atoms with van der Waals surface area (Å²) in [5, 5.41) is 21.6. The number of anilines is 1. The maximum atomic E-state index is 13.8. The van der Waals surface area contributed by atoms with Gasteiger partial charge in [0.05, 0.1) is 11.6 Å². The van der Waals surface area contributed by atoms with Crippen LogP contribution < -0.4 is 14.4 Å². The van der Waals surface area contributed by atoms with Gasteiger partial charge in [0.2, 0.25) is 5.13 Å². The number of carbonyl (C=O) groups excluding carboxylic acids is 2. The molecule has 0 saturated carbocycles. The molecule has 0 spiro atoms. The van der Waals surface area contributed by atoms with Crippen molar-refractivity contribution in [2.75, 3.05) is 4.90 Å². The molecule has 1 atom stereocenters. The normalized spacial score (nSPS) is 15.2. The quantitative estimate of drug-likeness (QED) is 0.0431. The summed E-state index contributed by atoms with van der Waals surface area (Å²) in [4.78, 5) is 28.9. The topological polar surface area (TPSA) is 102 Å². The van der Waals surface area contributed by atoms with Gasteiger partial charge in [-0.15, -0.1) is 10.2 Å². The van der Waals surface area contributed by atoms with E-state index in [0.29, 0.717) is 56.0 Å². The molecule has 0 bridgehead atoms. The lowest BCUT2D eigenvalue weighted by atomic mass is 9.95. The molecule has 1 amide bonds. The number of Topliss-reactive ketones (excluding diaryl/α,β-unsaturated/α-hetero) is 1. The van der Waals surface area contributed by atoms with Crippen molar-refractivity contribution in [2.24, 2.45) is 0 Å². The minimum atomic E-state index is -0.994. The molecule has 5 aromatic carbocycles. The molecule has 7 rings (SSSR count). The Bertz CT molecular complexity index is 2300. The van der Waals surface area contributed by atoms with Gasteiger partial charge in [-0.1, -0.05) is 119 Å². The van der Waals surface area contributed by atoms with E-state index in [1.165, 1.54) is 28.0 Å². The Morgan fingerprint density at radius 1 is 0.811 bits per heavy atom. The zero-order valence-electron chi connectivity index (χ0n) is 28.2. The van der Waals surface area contributed by atoms with E-state index < -0.39 is 17.7 Å². The highest BCUT2D eigenvalue weighted by molar-refractivity contribution is 8.00. The summed E-state index contributed by atoms with van der Waals surface area (Å²) in [5.41, 5.74) is 4.91. The van der Waals surface area contributed by atoms with Gasteiger partial charge in [-0.2, -0.15) is 0 Å². The molecule has 0 radical (unpaired) electrons. The summed E-state index contributed by atoms with van der Waals surface area (Å²) in [6, 6.07) is 35.9. The van der Waals surface area contributed by atoms with E-state index in [0.717, 1.165) is 22.3 Å². The Hall–Kier alpha value is -5.13. The zero-order valence-corrected chi connectivity index (χ0v) is 31.4. The predicted octanol–water partition coefficient (Wildman–Crippen LogP) is 10.2. The second-order valence-electron chi connectivity index (χ2n) is 12.1. The number of amides is 1. The standard InChI is InChI=1S/C41H31Cl2N3O5S2/c1-25-7-5-6-10-29(25)23-51-33-19-14-28(15-20-33)37(47)35-36(27-12-17-32(18-13-27)50-22-26-8-3-2-4-9-26)46(39(49)38(35)48)40-44-45-41(53-40)52-24-30-11-16-31(42)21-34(30)43/h2-21,36,47H,22-24H2,1H3/b37-35+. The van der Waals surface area contributed by atoms with Crippen LogP contribution in [0.25, 0.3) is 5.76 Å². The van der Waals surface area contributed by atoms with Crippen LogP contribution in [0.5, 0.6) is 11.5 Å². The number of thioether (sulfide) groups is 1. The molecule has 6 aromatic rings. The van der Waals surface area contributed by atoms with Gasteiger partial charge in [0.25, 0.3) is 5.78 Å². The third-order valence-electron chi connectivity index (χ3n) is 8.64. The summed E-state index contributed by atoms with van der Waals surface area (Å²) in [6.45, 7) is 2.77. The van der Waals surface area contributed by atoms with Crippen molar-refractivity contribution in [1.29, 1.82) is 0 Å². The molecule has 1 fully saturated rings. The maximum absolute atomic E-state index is 13.8. The van der Waals surface area contributed by atoms with E-state index in [1.54, 1.807) is 60.7 Å². The van der Waals surface area contributed by atoms with Crippen molar-refractivity contribution in [3.8, 4) is 11.5 Å². The fraction of sp³-hybridized carbons (Fsp3) is 0.122. The molecule has 1 N–H and O–H groups in total. The van der Waals surface area contributed by atoms with Crippen LogP contribution in [-0.4, -0.2) is 27.0 Å². The highest BCUT2D eigenvalue weighted by atomic mass is 35.5. The number of nitrogens with zero attached hydrogens (tertiary/aromatic N) is 3. The van der Waals surface area contributed by atoms with Crippen molar-refractivity contribution < 1.29 is 24.2 Å². The third kappa shape index (κ3) is 8.26. The Kier molecular flexibility index (Phi) is 11.1. The summed E-state index contributed by atoms with van der Waals surface area (Å²) < 4.78 is 12.6. The van der Waals surface area contributed by atoms with Crippen LogP contribution in [-0.2, 0) is 28.6 Å². The molecule has 1 aromatic heterocycles. The smallest absolute Gasteiger partial charge is 0.301 e. The van der Waals surface area contributed by atoms with Gasteiger partial charge in [-0.3, -0.25) is 14.5 Å². The van der Waals surface area contributed by atoms with Crippen LogP contribution in [0.2, 0.25) is 10.0 Å². The first-order valence-corrected chi connectivity index (χ1v) is 19.1. The lowest BCUT2D eigenvalue weighted by Gasteiger charge is -2.22. The largest absolute Gasteiger partial charge is 0.507 e. The maximum Gasteiger partial charge on any atom is 0.301 e. The number of aliphatic hydroxyl groups excluding tert-OH is 1. The van der Waals surface area contributed by atoms with Crippen LogP contribution in [0.4, 0.5) is 5.13 Å². The van der Waals surface area contributed by atoms with Gasteiger partial charge in [-0.25, -0.2) is 0 Å². The number of carbonyl (C=O) groups is 2. The van der Waals surface area contributed by atoms with E-state index in [-0.39, 0.29) is 16.5 Å². The second-order valence-corrected chi connectivity index (χ2v) is 15.1. The molecule has 1 unspecified atom stereocenters. The van der Waals surface area contributed by atoms with E-state index in [2.05, 4.69) is 10.2 Å². The van der Waals surface area contributed by atoms with Gasteiger partial charge in [-0.05, 0) is 83.3 Å². The fourth-order valence-corrected chi connectivity index (χ4v) is 8.19. The minimum Gasteiger partial charge on any atom is -0.507 e. The van der Waals surface area contributed by atoms with Gasteiger partial charge in [0, 0.05) is 21.4 Å². The average Bonchev–Trinajstić information content (AvgIpc) is 3.75. The molecule has 8 nitrogen and oxygen atoms in total. The Labute approximate surface area is 324 Å². The molecule has 12 heteroatoms. The lowest BCUT2D eigenvalue weighted by molar-refractivity contribution is -0.132. The van der Waals surface area contributed by atoms with Crippen LogP contribution in [0.15, 0.2) is 131 Å². The summed E-state index contributed by atoms with van der Waals surface area (Å²) in [7, 11) is 0. The second kappa shape index (κ2) is 16.3. The number of aromatic nitrogens is 2. The van der Waals surface area contributed by atoms with Crippen molar-refractivity contribution in [3.05, 3.63) is 170 Å². The monoisotopic (exact) mass is 779 g/mol. The molecule has 266 valence electrons. The summed E-state index contributed by atoms with van der Waals surface area (Å²) in [5.74, 6) is -0.302. The van der Waals surface area contributed by atoms with Crippen molar-refractivity contribution in [3.63, 3.8) is 0 Å². The van der Waals surface area contributed by atoms with Crippen molar-refractivity contribution in [2.45, 2.75) is 36.3 Å². The van der Waals surface area contributed by atoms with Gasteiger partial charge < -0.3 is 14.6 Å². The highest BCUT2D eigenvalue weighted by Gasteiger charge is 2.48. The number of ether oxygens (including phenoxy) is 2. The van der Waals surface area contributed by atoms with Crippen molar-refractivity contribution in [1.82, 2.24) is 10.2 Å². The average molecular weight is 781 g/mol. The molecule has 53 heavy (non-hydrogen) atoms. The highest BCUT2D eigenvalue weighted by Crippen LogP contribution is 2.44. The number of halogens is 2. The van der Waals surface area contributed by atoms with E-state index >= 15 is 0 Å². The summed E-state index contributed by atoms with van der Waals surface area (Å²) >= 11 is 15.0. The first kappa shape index (κ1) is 36.2. The molecule has 2 heterocycles. The van der Waals surface area contributed by atoms with Crippen LogP contribution in [0.3, 0.4) is 0 Å². The Balaban J connectivity index is 1.18. The zero-order chi connectivity index (χ0) is 36.9. The number of aliphatic hydroxyl groups is 1. The molecule has 1 aliphatic rings. The molecule has 1 aliphatic heterocycles. The van der Waals surface area contributed by atoms with Crippen molar-refractivity contribution >= 4 is 68.9 Å². The third-order valence-corrected chi connectivity index (χ3v) is 11.3. The van der Waals surface area contributed by atoms with E-state index in [9.17, 15) is 14.7 Å². The van der Waals surface area contributed by atoms with Crippen LogP contribution in [0, 0.1) is 6.92 Å². The predicted molar refractivity (Wildman–Crippen MR) is 210 cm³/mol. The number of hydrogen-bond donors (Lipinski definition) is 1. The van der Waals surface area contributed by atoms with Crippen LogP contribution in [0.1, 0.15) is 39.4 Å². The molecular weight excluding hydrogens is 750 g/mol. The number of aryl methyl sites for hydroxylation is 1. The summed E-state index contributed by atoms with van der Waals surface area (Å²) in [6.07, 6.45) is 0. The number of benzene rings is 5. The Morgan fingerprint density at radius 2 is 1.49 bits per heavy atom. The van der Waals surface area contributed by atoms with E-state index in [1.807, 2.05) is 67.6 Å². The van der Waals surface area contributed by atoms with Gasteiger partial charge >= 0.3 is 5.91 Å². The molecular formula is C41H31Cl2N3O5S2.